The summed E-state index contributed by atoms with van der Waals surface area (Å²) in [6.07, 6.45) is -0.495. The van der Waals surface area contributed by atoms with Crippen molar-refractivity contribution in [3.63, 3.8) is 0 Å². The summed E-state index contributed by atoms with van der Waals surface area (Å²) in [5.74, 6) is 2.11. The first-order chi connectivity index (χ1) is 6.77. The van der Waals surface area contributed by atoms with Crippen molar-refractivity contribution in [2.75, 3.05) is 31.1 Å². The molecule has 0 bridgehead atoms. The van der Waals surface area contributed by atoms with Crippen LogP contribution in [0.1, 0.15) is 6.42 Å². The van der Waals surface area contributed by atoms with Crippen molar-refractivity contribution in [3.05, 3.63) is 0 Å². The van der Waals surface area contributed by atoms with Crippen LogP contribution in [0.4, 0.5) is 4.39 Å². The minimum atomic E-state index is -0.844. The summed E-state index contributed by atoms with van der Waals surface area (Å²) < 4.78 is 12.9. The van der Waals surface area contributed by atoms with Gasteiger partial charge in [0.05, 0.1) is 6.04 Å². The maximum Gasteiger partial charge on any atom is 0.239 e. The van der Waals surface area contributed by atoms with Gasteiger partial charge in [0.15, 0.2) is 0 Å². The molecule has 2 atom stereocenters. The minimum Gasteiger partial charge on any atom is -0.340 e. The van der Waals surface area contributed by atoms with Gasteiger partial charge in [-0.25, -0.2) is 4.39 Å². The van der Waals surface area contributed by atoms with Crippen molar-refractivity contribution in [1.29, 1.82) is 0 Å². The molecule has 2 heterocycles. The number of alkyl halides is 1. The topological polar surface area (TPSA) is 32.3 Å². The average Bonchev–Trinajstić information content (AvgIpc) is 2.65. The van der Waals surface area contributed by atoms with Crippen LogP contribution in [0.3, 0.4) is 0 Å². The molecule has 2 saturated heterocycles. The molecule has 0 aromatic carbocycles. The molecule has 0 aromatic rings. The van der Waals surface area contributed by atoms with Gasteiger partial charge in [0.25, 0.3) is 0 Å². The van der Waals surface area contributed by atoms with Crippen LogP contribution in [0.15, 0.2) is 0 Å². The number of hydrogen-bond acceptors (Lipinski definition) is 3. The van der Waals surface area contributed by atoms with Gasteiger partial charge in [-0.05, 0) is 0 Å². The summed E-state index contributed by atoms with van der Waals surface area (Å²) >= 11 is 1.87. The molecule has 1 N–H and O–H groups in total. The number of carbonyl (C=O) groups is 1. The Bertz CT molecular complexity index is 214. The summed E-state index contributed by atoms with van der Waals surface area (Å²) in [4.78, 5) is 13.7. The number of nitrogens with zero attached hydrogens (tertiary/aromatic N) is 1. The minimum absolute atomic E-state index is 0.0884. The molecule has 0 radical (unpaired) electrons. The van der Waals surface area contributed by atoms with Crippen LogP contribution in [0.2, 0.25) is 0 Å². The van der Waals surface area contributed by atoms with E-state index >= 15 is 0 Å². The largest absolute Gasteiger partial charge is 0.340 e. The maximum atomic E-state index is 12.9. The Morgan fingerprint density at radius 3 is 2.71 bits per heavy atom. The monoisotopic (exact) mass is 218 g/mol. The van der Waals surface area contributed by atoms with E-state index in [4.69, 9.17) is 0 Å². The van der Waals surface area contributed by atoms with E-state index in [0.29, 0.717) is 13.0 Å². The molecular weight excluding hydrogens is 203 g/mol. The molecule has 14 heavy (non-hydrogen) atoms. The molecule has 0 spiro atoms. The van der Waals surface area contributed by atoms with Gasteiger partial charge in [-0.3, -0.25) is 4.79 Å². The Morgan fingerprint density at radius 2 is 2.14 bits per heavy atom. The van der Waals surface area contributed by atoms with Gasteiger partial charge < -0.3 is 10.2 Å². The standard InChI is InChI=1S/C9H15FN2OS/c10-7-5-8(11-6-7)9(13)12-1-3-14-4-2-12/h7-8,11H,1-6H2/t7-,8+/m0/s1. The van der Waals surface area contributed by atoms with Gasteiger partial charge in [-0.15, -0.1) is 0 Å². The molecular formula is C9H15FN2OS. The number of thioether (sulfide) groups is 1. The lowest BCUT2D eigenvalue weighted by Gasteiger charge is -2.28. The molecule has 5 heteroatoms. The second kappa shape index (κ2) is 4.49. The van der Waals surface area contributed by atoms with Gasteiger partial charge in [-0.2, -0.15) is 11.8 Å². The third-order valence-corrected chi connectivity index (χ3v) is 3.64. The van der Waals surface area contributed by atoms with Gasteiger partial charge in [0.1, 0.15) is 6.17 Å². The first kappa shape index (κ1) is 10.2. The van der Waals surface area contributed by atoms with Crippen molar-refractivity contribution >= 4 is 17.7 Å². The summed E-state index contributed by atoms with van der Waals surface area (Å²) in [7, 11) is 0. The van der Waals surface area contributed by atoms with Crippen LogP contribution >= 0.6 is 11.8 Å². The lowest BCUT2D eigenvalue weighted by Crippen LogP contribution is -2.46. The van der Waals surface area contributed by atoms with Crippen molar-refractivity contribution in [2.45, 2.75) is 18.6 Å². The Kier molecular flexibility index (Phi) is 3.28. The Balaban J connectivity index is 1.87. The molecule has 1 amide bonds. The Hall–Kier alpha value is -0.290. The van der Waals surface area contributed by atoms with Gasteiger partial charge in [-0.1, -0.05) is 0 Å². The number of hydrogen-bond donors (Lipinski definition) is 1. The van der Waals surface area contributed by atoms with E-state index in [9.17, 15) is 9.18 Å². The highest BCUT2D eigenvalue weighted by Crippen LogP contribution is 2.15. The van der Waals surface area contributed by atoms with Gasteiger partial charge in [0, 0.05) is 37.6 Å². The molecule has 2 rings (SSSR count). The summed E-state index contributed by atoms with van der Waals surface area (Å²) in [6, 6.07) is -0.270. The van der Waals surface area contributed by atoms with Crippen molar-refractivity contribution in [2.24, 2.45) is 0 Å². The second-order valence-electron chi connectivity index (χ2n) is 3.73. The van der Waals surface area contributed by atoms with Crippen LogP contribution in [0.25, 0.3) is 0 Å². The predicted molar refractivity (Wildman–Crippen MR) is 55.2 cm³/mol. The average molecular weight is 218 g/mol. The van der Waals surface area contributed by atoms with E-state index in [1.165, 1.54) is 0 Å². The molecule has 3 nitrogen and oxygen atoms in total. The number of nitrogens with one attached hydrogen (secondary N) is 1. The predicted octanol–water partition coefficient (Wildman–Crippen LogP) is 0.262. The molecule has 0 saturated carbocycles. The van der Waals surface area contributed by atoms with E-state index in [-0.39, 0.29) is 11.9 Å². The molecule has 80 valence electrons. The quantitative estimate of drug-likeness (QED) is 0.685. The molecule has 2 aliphatic heterocycles. The number of amides is 1. The fourth-order valence-electron chi connectivity index (χ4n) is 1.88. The Morgan fingerprint density at radius 1 is 1.43 bits per heavy atom. The maximum absolute atomic E-state index is 12.9. The fourth-order valence-corrected chi connectivity index (χ4v) is 2.79. The van der Waals surface area contributed by atoms with Crippen molar-refractivity contribution in [1.82, 2.24) is 10.2 Å². The summed E-state index contributed by atoms with van der Waals surface area (Å²) in [5, 5.41) is 2.93. The van der Waals surface area contributed by atoms with Crippen LogP contribution in [-0.2, 0) is 4.79 Å². The number of carbonyl (C=O) groups excluding carboxylic acids is 1. The first-order valence-electron chi connectivity index (χ1n) is 5.01. The molecule has 2 aliphatic rings. The van der Waals surface area contributed by atoms with Crippen molar-refractivity contribution in [3.8, 4) is 0 Å². The van der Waals surface area contributed by atoms with E-state index < -0.39 is 6.17 Å². The normalized spacial score (nSPS) is 33.4. The Labute approximate surface area is 87.4 Å². The molecule has 0 aromatic heterocycles. The zero-order chi connectivity index (χ0) is 9.97. The van der Waals surface area contributed by atoms with Gasteiger partial charge in [0.2, 0.25) is 5.91 Å². The number of halogens is 1. The highest BCUT2D eigenvalue weighted by atomic mass is 32.2. The fraction of sp³-hybridized carbons (Fsp3) is 0.889. The van der Waals surface area contributed by atoms with E-state index in [2.05, 4.69) is 5.32 Å². The molecule has 0 aliphatic carbocycles. The third-order valence-electron chi connectivity index (χ3n) is 2.70. The summed E-state index contributed by atoms with van der Waals surface area (Å²) in [5.41, 5.74) is 0. The zero-order valence-electron chi connectivity index (χ0n) is 8.04. The molecule has 0 unspecified atom stereocenters. The van der Waals surface area contributed by atoms with Crippen LogP contribution < -0.4 is 5.32 Å². The van der Waals surface area contributed by atoms with E-state index in [1.807, 2.05) is 16.7 Å². The SMILES string of the molecule is O=C([C@H]1C[C@H](F)CN1)N1CCSCC1. The third kappa shape index (κ3) is 2.20. The lowest BCUT2D eigenvalue weighted by molar-refractivity contribution is -0.132. The second-order valence-corrected chi connectivity index (χ2v) is 4.96. The smallest absolute Gasteiger partial charge is 0.239 e. The van der Waals surface area contributed by atoms with Crippen LogP contribution in [-0.4, -0.2) is 54.2 Å². The highest BCUT2D eigenvalue weighted by Gasteiger charge is 2.32. The first-order valence-corrected chi connectivity index (χ1v) is 6.17. The van der Waals surface area contributed by atoms with E-state index in [1.54, 1.807) is 0 Å². The lowest BCUT2D eigenvalue weighted by atomic mass is 10.2. The summed E-state index contributed by atoms with van der Waals surface area (Å²) in [6.45, 7) is 1.97. The van der Waals surface area contributed by atoms with Gasteiger partial charge >= 0.3 is 0 Å². The van der Waals surface area contributed by atoms with E-state index in [0.717, 1.165) is 24.6 Å². The van der Waals surface area contributed by atoms with Crippen LogP contribution in [0.5, 0.6) is 0 Å². The zero-order valence-corrected chi connectivity index (χ0v) is 8.86. The van der Waals surface area contributed by atoms with Crippen LogP contribution in [0, 0.1) is 0 Å². The highest BCUT2D eigenvalue weighted by molar-refractivity contribution is 7.99. The van der Waals surface area contributed by atoms with Crippen molar-refractivity contribution < 1.29 is 9.18 Å². The number of rotatable bonds is 1. The molecule has 2 fully saturated rings.